The highest BCUT2D eigenvalue weighted by Crippen LogP contribution is 2.22. The molecular formula is C14H26N2O3. The van der Waals surface area contributed by atoms with Crippen LogP contribution < -0.4 is 0 Å². The number of likely N-dealkylation sites (tertiary alicyclic amines) is 1. The van der Waals surface area contributed by atoms with E-state index >= 15 is 0 Å². The Morgan fingerprint density at radius 1 is 1.42 bits per heavy atom. The molecule has 2 atom stereocenters. The Morgan fingerprint density at radius 3 is 2.68 bits per heavy atom. The lowest BCUT2D eigenvalue weighted by Gasteiger charge is -2.39. The quantitative estimate of drug-likeness (QED) is 0.835. The summed E-state index contributed by atoms with van der Waals surface area (Å²) in [7, 11) is 1.83. The van der Waals surface area contributed by atoms with Crippen LogP contribution in [0.5, 0.6) is 0 Å². The monoisotopic (exact) mass is 270 g/mol. The zero-order valence-electron chi connectivity index (χ0n) is 12.3. The van der Waals surface area contributed by atoms with Crippen LogP contribution >= 0.6 is 0 Å². The van der Waals surface area contributed by atoms with Crippen LogP contribution in [0, 0.1) is 0 Å². The first-order chi connectivity index (χ1) is 8.97. The maximum Gasteiger partial charge on any atom is 0.320 e. The fourth-order valence-corrected chi connectivity index (χ4v) is 2.51. The summed E-state index contributed by atoms with van der Waals surface area (Å²) in [6.45, 7) is 4.85. The zero-order valence-corrected chi connectivity index (χ0v) is 12.3. The van der Waals surface area contributed by atoms with Gasteiger partial charge in [0.2, 0.25) is 0 Å². The predicted octanol–water partition coefficient (Wildman–Crippen LogP) is 2.56. The molecule has 2 unspecified atom stereocenters. The Balaban J connectivity index is 2.65. The summed E-state index contributed by atoms with van der Waals surface area (Å²) >= 11 is 0. The number of carboxylic acids is 1. The summed E-state index contributed by atoms with van der Waals surface area (Å²) in [5.41, 5.74) is 0. The molecule has 1 N–H and O–H groups in total. The van der Waals surface area contributed by atoms with E-state index in [1.54, 1.807) is 4.90 Å². The van der Waals surface area contributed by atoms with Gasteiger partial charge in [0.15, 0.2) is 0 Å². The highest BCUT2D eigenvalue weighted by atomic mass is 16.4. The van der Waals surface area contributed by atoms with E-state index in [9.17, 15) is 9.59 Å². The molecule has 1 fully saturated rings. The van der Waals surface area contributed by atoms with Gasteiger partial charge in [0.05, 0.1) is 0 Å². The summed E-state index contributed by atoms with van der Waals surface area (Å²) in [4.78, 5) is 26.8. The van der Waals surface area contributed by atoms with Crippen LogP contribution in [0.3, 0.4) is 0 Å². The third kappa shape index (κ3) is 4.40. The molecule has 0 aromatic heterocycles. The maximum absolute atomic E-state index is 12.5. The van der Waals surface area contributed by atoms with Gasteiger partial charge in [0.1, 0.15) is 0 Å². The van der Waals surface area contributed by atoms with Gasteiger partial charge < -0.3 is 14.9 Å². The van der Waals surface area contributed by atoms with E-state index in [0.717, 1.165) is 32.2 Å². The minimum atomic E-state index is -0.784. The highest BCUT2D eigenvalue weighted by Gasteiger charge is 2.30. The molecule has 110 valence electrons. The van der Waals surface area contributed by atoms with E-state index in [1.807, 2.05) is 18.9 Å². The van der Waals surface area contributed by atoms with Gasteiger partial charge in [-0.1, -0.05) is 6.92 Å². The van der Waals surface area contributed by atoms with Crippen molar-refractivity contribution < 1.29 is 14.7 Å². The van der Waals surface area contributed by atoms with E-state index in [4.69, 9.17) is 5.11 Å². The van der Waals surface area contributed by atoms with Crippen molar-refractivity contribution in [1.29, 1.82) is 0 Å². The van der Waals surface area contributed by atoms with Gasteiger partial charge in [-0.15, -0.1) is 0 Å². The van der Waals surface area contributed by atoms with Crippen LogP contribution in [0.4, 0.5) is 4.79 Å². The first-order valence-electron chi connectivity index (χ1n) is 7.22. The predicted molar refractivity (Wildman–Crippen MR) is 74.1 cm³/mol. The number of amides is 2. The molecule has 0 radical (unpaired) electrons. The van der Waals surface area contributed by atoms with Crippen LogP contribution in [0.1, 0.15) is 52.4 Å². The third-order valence-corrected chi connectivity index (χ3v) is 4.12. The van der Waals surface area contributed by atoms with Crippen LogP contribution in [0.2, 0.25) is 0 Å². The van der Waals surface area contributed by atoms with Gasteiger partial charge in [-0.05, 0) is 39.0 Å². The lowest BCUT2D eigenvalue weighted by molar-refractivity contribution is -0.137. The number of urea groups is 1. The van der Waals surface area contributed by atoms with Crippen LogP contribution in [-0.2, 0) is 4.79 Å². The molecule has 1 aliphatic rings. The summed E-state index contributed by atoms with van der Waals surface area (Å²) in [6, 6.07) is 0.350. The van der Waals surface area contributed by atoms with Crippen molar-refractivity contribution in [2.45, 2.75) is 64.5 Å². The van der Waals surface area contributed by atoms with Crippen molar-refractivity contribution in [3.63, 3.8) is 0 Å². The number of nitrogens with zero attached hydrogens (tertiary/aromatic N) is 2. The molecule has 0 aromatic carbocycles. The third-order valence-electron chi connectivity index (χ3n) is 4.12. The second kappa shape index (κ2) is 7.36. The average molecular weight is 270 g/mol. The number of carboxylic acid groups (broad SMARTS) is 1. The molecule has 0 bridgehead atoms. The van der Waals surface area contributed by atoms with E-state index < -0.39 is 5.97 Å². The van der Waals surface area contributed by atoms with E-state index in [0.29, 0.717) is 6.42 Å². The molecular weight excluding hydrogens is 244 g/mol. The van der Waals surface area contributed by atoms with Crippen molar-refractivity contribution in [2.24, 2.45) is 0 Å². The number of hydrogen-bond donors (Lipinski definition) is 1. The normalized spacial score (nSPS) is 21.0. The number of carbonyl (C=O) groups excluding carboxylic acids is 1. The van der Waals surface area contributed by atoms with Crippen molar-refractivity contribution in [1.82, 2.24) is 9.80 Å². The van der Waals surface area contributed by atoms with E-state index in [1.165, 1.54) is 0 Å². The number of rotatable bonds is 5. The smallest absolute Gasteiger partial charge is 0.320 e. The van der Waals surface area contributed by atoms with Crippen molar-refractivity contribution in [3.8, 4) is 0 Å². The topological polar surface area (TPSA) is 60.9 Å². The minimum Gasteiger partial charge on any atom is -0.481 e. The molecule has 1 saturated heterocycles. The largest absolute Gasteiger partial charge is 0.481 e. The Hall–Kier alpha value is -1.26. The fourth-order valence-electron chi connectivity index (χ4n) is 2.51. The average Bonchev–Trinajstić information content (AvgIpc) is 2.42. The summed E-state index contributed by atoms with van der Waals surface area (Å²) < 4.78 is 0. The SMILES string of the molecule is CCC(C)N(C)C(=O)N1CCCCC1CCC(=O)O. The van der Waals surface area contributed by atoms with Crippen LogP contribution in [0.25, 0.3) is 0 Å². The van der Waals surface area contributed by atoms with Crippen LogP contribution in [0.15, 0.2) is 0 Å². The first-order valence-corrected chi connectivity index (χ1v) is 7.22. The van der Waals surface area contributed by atoms with Gasteiger partial charge in [0.25, 0.3) is 0 Å². The lowest BCUT2D eigenvalue weighted by Crippen LogP contribution is -2.51. The standard InChI is InChI=1S/C14H26N2O3/c1-4-11(2)15(3)14(19)16-10-6-5-7-12(16)8-9-13(17)18/h11-12H,4-10H2,1-3H3,(H,17,18). The van der Waals surface area contributed by atoms with Crippen molar-refractivity contribution in [2.75, 3.05) is 13.6 Å². The van der Waals surface area contributed by atoms with E-state index in [2.05, 4.69) is 6.92 Å². The second-order valence-electron chi connectivity index (χ2n) is 5.43. The van der Waals surface area contributed by atoms with Gasteiger partial charge in [-0.3, -0.25) is 4.79 Å². The number of piperidine rings is 1. The molecule has 5 heteroatoms. The highest BCUT2D eigenvalue weighted by molar-refractivity contribution is 5.75. The molecule has 2 amide bonds. The molecule has 0 spiro atoms. The van der Waals surface area contributed by atoms with Crippen molar-refractivity contribution >= 4 is 12.0 Å². The second-order valence-corrected chi connectivity index (χ2v) is 5.43. The maximum atomic E-state index is 12.5. The zero-order chi connectivity index (χ0) is 14.4. The number of aliphatic carboxylic acids is 1. The fraction of sp³-hybridized carbons (Fsp3) is 0.857. The van der Waals surface area contributed by atoms with Gasteiger partial charge >= 0.3 is 12.0 Å². The Labute approximate surface area is 115 Å². The van der Waals surface area contributed by atoms with Gasteiger partial charge in [-0.25, -0.2) is 4.79 Å². The van der Waals surface area contributed by atoms with E-state index in [-0.39, 0.29) is 24.5 Å². The van der Waals surface area contributed by atoms with Crippen molar-refractivity contribution in [3.05, 3.63) is 0 Å². The lowest BCUT2D eigenvalue weighted by atomic mass is 9.98. The summed E-state index contributed by atoms with van der Waals surface area (Å²) in [5.74, 6) is -0.784. The molecule has 1 aliphatic heterocycles. The molecule has 1 rings (SSSR count). The summed E-state index contributed by atoms with van der Waals surface area (Å²) in [6.07, 6.45) is 4.66. The molecule has 19 heavy (non-hydrogen) atoms. The molecule has 0 aliphatic carbocycles. The number of carbonyl (C=O) groups is 2. The van der Waals surface area contributed by atoms with Gasteiger partial charge in [0, 0.05) is 32.1 Å². The Morgan fingerprint density at radius 2 is 2.11 bits per heavy atom. The first kappa shape index (κ1) is 15.8. The molecule has 5 nitrogen and oxygen atoms in total. The minimum absolute atomic E-state index is 0.0458. The van der Waals surface area contributed by atoms with Gasteiger partial charge in [-0.2, -0.15) is 0 Å². The molecule has 1 heterocycles. The molecule has 0 aromatic rings. The van der Waals surface area contributed by atoms with Crippen LogP contribution in [-0.4, -0.2) is 52.6 Å². The number of hydrogen-bond acceptors (Lipinski definition) is 2. The Kier molecular flexibility index (Phi) is 6.12. The summed E-state index contributed by atoms with van der Waals surface area (Å²) in [5, 5.41) is 8.79. The Bertz CT molecular complexity index is 320. The molecule has 0 saturated carbocycles.